The van der Waals surface area contributed by atoms with Gasteiger partial charge in [-0.1, -0.05) is 12.8 Å². The molecule has 1 atom stereocenters. The van der Waals surface area contributed by atoms with Gasteiger partial charge in [0, 0.05) is 32.2 Å². The number of aromatic nitrogens is 3. The molecule has 0 saturated carbocycles. The molecule has 1 fully saturated rings. The Labute approximate surface area is 124 Å². The lowest BCUT2D eigenvalue weighted by Crippen LogP contribution is -2.35. The molecular weight excluding hydrogens is 264 g/mol. The summed E-state index contributed by atoms with van der Waals surface area (Å²) in [5.74, 6) is 0.0562. The molecule has 0 spiro atoms. The van der Waals surface area contributed by atoms with Crippen molar-refractivity contribution in [2.75, 3.05) is 6.54 Å². The first-order chi connectivity index (χ1) is 10.3. The van der Waals surface area contributed by atoms with Crippen LogP contribution in [0.15, 0.2) is 36.8 Å². The lowest BCUT2D eigenvalue weighted by Gasteiger charge is -2.29. The quantitative estimate of drug-likeness (QED) is 0.851. The average Bonchev–Trinajstić information content (AvgIpc) is 2.80. The number of amides is 1. The highest BCUT2D eigenvalue weighted by molar-refractivity contribution is 5.94. The average molecular weight is 284 g/mol. The Balaban J connectivity index is 1.90. The summed E-state index contributed by atoms with van der Waals surface area (Å²) in [5.41, 5.74) is 1.64. The highest BCUT2D eigenvalue weighted by atomic mass is 16.2. The monoisotopic (exact) mass is 284 g/mol. The Morgan fingerprint density at radius 2 is 2.19 bits per heavy atom. The van der Waals surface area contributed by atoms with Crippen molar-refractivity contribution >= 4 is 5.91 Å². The van der Waals surface area contributed by atoms with E-state index in [1.807, 2.05) is 30.3 Å². The standard InChI is InChI=1S/C16H20N4O/c1-19-11-8-14(18-19)15-7-3-2-4-10-20(15)16(21)13-6-5-9-17-12-13/h5-6,8-9,11-12,15H,2-4,7,10H2,1H3. The molecule has 5 heteroatoms. The molecule has 0 bridgehead atoms. The molecule has 0 radical (unpaired) electrons. The van der Waals surface area contributed by atoms with Gasteiger partial charge in [0.05, 0.1) is 17.3 Å². The van der Waals surface area contributed by atoms with E-state index in [0.29, 0.717) is 5.56 Å². The summed E-state index contributed by atoms with van der Waals surface area (Å²) in [6, 6.07) is 5.72. The number of carbonyl (C=O) groups excluding carboxylic acids is 1. The van der Waals surface area contributed by atoms with Gasteiger partial charge >= 0.3 is 0 Å². The predicted octanol–water partition coefficient (Wildman–Crippen LogP) is 2.57. The molecule has 3 rings (SSSR count). The first-order valence-electron chi connectivity index (χ1n) is 7.46. The largest absolute Gasteiger partial charge is 0.330 e. The van der Waals surface area contributed by atoms with Crippen LogP contribution in [-0.2, 0) is 7.05 Å². The molecule has 5 nitrogen and oxygen atoms in total. The number of aryl methyl sites for hydroxylation is 1. The SMILES string of the molecule is Cn1ccc(C2CCCCCN2C(=O)c2cccnc2)n1. The van der Waals surface area contributed by atoms with Crippen LogP contribution < -0.4 is 0 Å². The number of likely N-dealkylation sites (tertiary alicyclic amines) is 1. The zero-order valence-electron chi connectivity index (χ0n) is 12.3. The Hall–Kier alpha value is -2.17. The van der Waals surface area contributed by atoms with Crippen molar-refractivity contribution in [2.45, 2.75) is 31.7 Å². The fourth-order valence-corrected chi connectivity index (χ4v) is 2.92. The number of hydrogen-bond donors (Lipinski definition) is 0. The number of hydrogen-bond acceptors (Lipinski definition) is 3. The molecule has 1 aliphatic heterocycles. The minimum atomic E-state index is 0.0562. The van der Waals surface area contributed by atoms with Crippen molar-refractivity contribution in [1.29, 1.82) is 0 Å². The first-order valence-corrected chi connectivity index (χ1v) is 7.46. The fraction of sp³-hybridized carbons (Fsp3) is 0.438. The van der Waals surface area contributed by atoms with Crippen LogP contribution >= 0.6 is 0 Å². The minimum Gasteiger partial charge on any atom is -0.330 e. The molecule has 1 unspecified atom stereocenters. The van der Waals surface area contributed by atoms with Crippen molar-refractivity contribution < 1.29 is 4.79 Å². The molecule has 2 aromatic heterocycles. The molecule has 1 aliphatic rings. The summed E-state index contributed by atoms with van der Waals surface area (Å²) in [5, 5.41) is 4.51. The zero-order valence-corrected chi connectivity index (χ0v) is 12.3. The van der Waals surface area contributed by atoms with Gasteiger partial charge in [0.1, 0.15) is 0 Å². The zero-order chi connectivity index (χ0) is 14.7. The second-order valence-corrected chi connectivity index (χ2v) is 5.52. The Morgan fingerprint density at radius 3 is 2.90 bits per heavy atom. The van der Waals surface area contributed by atoms with Gasteiger partial charge < -0.3 is 4.90 Å². The molecular formula is C16H20N4O. The molecule has 1 saturated heterocycles. The summed E-state index contributed by atoms with van der Waals surface area (Å²) in [7, 11) is 1.91. The van der Waals surface area contributed by atoms with Crippen LogP contribution in [0.5, 0.6) is 0 Å². The van der Waals surface area contributed by atoms with Crippen LogP contribution in [0.2, 0.25) is 0 Å². The molecule has 1 amide bonds. The van der Waals surface area contributed by atoms with E-state index in [4.69, 9.17) is 0 Å². The van der Waals surface area contributed by atoms with E-state index in [0.717, 1.165) is 31.5 Å². The summed E-state index contributed by atoms with van der Waals surface area (Å²) < 4.78 is 1.80. The van der Waals surface area contributed by atoms with Crippen molar-refractivity contribution in [3.8, 4) is 0 Å². The van der Waals surface area contributed by atoms with Gasteiger partial charge in [-0.05, 0) is 31.0 Å². The summed E-state index contributed by atoms with van der Waals surface area (Å²) >= 11 is 0. The van der Waals surface area contributed by atoms with Gasteiger partial charge in [-0.2, -0.15) is 5.10 Å². The minimum absolute atomic E-state index is 0.0562. The topological polar surface area (TPSA) is 51.0 Å². The molecule has 0 N–H and O–H groups in total. The summed E-state index contributed by atoms with van der Waals surface area (Å²) in [4.78, 5) is 18.8. The van der Waals surface area contributed by atoms with Gasteiger partial charge in [0.15, 0.2) is 0 Å². The van der Waals surface area contributed by atoms with Crippen LogP contribution in [0.3, 0.4) is 0 Å². The molecule has 2 aromatic rings. The highest BCUT2D eigenvalue weighted by Gasteiger charge is 2.29. The Morgan fingerprint density at radius 1 is 1.29 bits per heavy atom. The van der Waals surface area contributed by atoms with E-state index >= 15 is 0 Å². The van der Waals surface area contributed by atoms with Crippen LogP contribution in [-0.4, -0.2) is 32.1 Å². The van der Waals surface area contributed by atoms with Gasteiger partial charge in [0.25, 0.3) is 5.91 Å². The number of pyridine rings is 1. The Bertz CT molecular complexity index is 608. The van der Waals surface area contributed by atoms with E-state index < -0.39 is 0 Å². The summed E-state index contributed by atoms with van der Waals surface area (Å²) in [6.45, 7) is 0.787. The lowest BCUT2D eigenvalue weighted by atomic mass is 10.1. The number of carbonyl (C=O) groups is 1. The van der Waals surface area contributed by atoms with Crippen molar-refractivity contribution in [2.24, 2.45) is 7.05 Å². The maximum Gasteiger partial charge on any atom is 0.255 e. The Kier molecular flexibility index (Phi) is 3.99. The van der Waals surface area contributed by atoms with E-state index in [2.05, 4.69) is 10.1 Å². The number of nitrogens with zero attached hydrogens (tertiary/aromatic N) is 4. The van der Waals surface area contributed by atoms with Crippen LogP contribution in [0.1, 0.15) is 47.8 Å². The lowest BCUT2D eigenvalue weighted by molar-refractivity contribution is 0.0676. The van der Waals surface area contributed by atoms with Crippen molar-refractivity contribution in [3.05, 3.63) is 48.0 Å². The van der Waals surface area contributed by atoms with E-state index in [9.17, 15) is 4.79 Å². The molecule has 3 heterocycles. The van der Waals surface area contributed by atoms with Crippen molar-refractivity contribution in [1.82, 2.24) is 19.7 Å². The van der Waals surface area contributed by atoms with Crippen molar-refractivity contribution in [3.63, 3.8) is 0 Å². The van der Waals surface area contributed by atoms with Crippen LogP contribution in [0, 0.1) is 0 Å². The number of rotatable bonds is 2. The maximum atomic E-state index is 12.8. The van der Waals surface area contributed by atoms with Gasteiger partial charge in [-0.15, -0.1) is 0 Å². The summed E-state index contributed by atoms with van der Waals surface area (Å²) in [6.07, 6.45) is 9.60. The van der Waals surface area contributed by atoms with E-state index in [-0.39, 0.29) is 11.9 Å². The molecule has 110 valence electrons. The predicted molar refractivity (Wildman–Crippen MR) is 79.7 cm³/mol. The normalized spacial score (nSPS) is 19.3. The fourth-order valence-electron chi connectivity index (χ4n) is 2.92. The molecule has 0 aliphatic carbocycles. The smallest absolute Gasteiger partial charge is 0.255 e. The second-order valence-electron chi connectivity index (χ2n) is 5.52. The van der Waals surface area contributed by atoms with E-state index in [1.165, 1.54) is 6.42 Å². The van der Waals surface area contributed by atoms with Gasteiger partial charge in [-0.3, -0.25) is 14.5 Å². The third-order valence-corrected chi connectivity index (χ3v) is 4.00. The van der Waals surface area contributed by atoms with Gasteiger partial charge in [0.2, 0.25) is 0 Å². The highest BCUT2D eigenvalue weighted by Crippen LogP contribution is 2.30. The van der Waals surface area contributed by atoms with Crippen LogP contribution in [0.25, 0.3) is 0 Å². The third kappa shape index (κ3) is 2.96. The van der Waals surface area contributed by atoms with Gasteiger partial charge in [-0.25, -0.2) is 0 Å². The van der Waals surface area contributed by atoms with Crippen LogP contribution in [0.4, 0.5) is 0 Å². The molecule has 0 aromatic carbocycles. The third-order valence-electron chi connectivity index (χ3n) is 4.00. The maximum absolute atomic E-state index is 12.8. The first kappa shape index (κ1) is 13.8. The van der Waals surface area contributed by atoms with E-state index in [1.54, 1.807) is 23.1 Å². The second kappa shape index (κ2) is 6.08. The molecule has 21 heavy (non-hydrogen) atoms.